The molecule has 0 spiro atoms. The largest absolute Gasteiger partial charge is 0.0917 e. The van der Waals surface area contributed by atoms with Gasteiger partial charge in [-0.05, 0) is 37.0 Å². The third kappa shape index (κ3) is 10.2. The lowest BCUT2D eigenvalue weighted by Gasteiger charge is -1.87. The summed E-state index contributed by atoms with van der Waals surface area (Å²) in [6.45, 7) is 2.07. The average Bonchev–Trinajstić information content (AvgIpc) is 2.03. The zero-order valence-electron chi connectivity index (χ0n) is 7.22. The molecule has 0 nitrogen and oxygen atoms in total. The monoisotopic (exact) mass is 264 g/mol. The number of rotatable bonds is 6. The predicted molar refractivity (Wildman–Crippen MR) is 61.3 cm³/mol. The van der Waals surface area contributed by atoms with Crippen molar-refractivity contribution >= 4 is 22.6 Å². The van der Waals surface area contributed by atoms with Crippen LogP contribution >= 0.6 is 22.6 Å². The summed E-state index contributed by atoms with van der Waals surface area (Å²) >= 11 is 2.42. The van der Waals surface area contributed by atoms with E-state index in [1.54, 1.807) is 0 Å². The Hall–Kier alpha value is 0.210. The summed E-state index contributed by atoms with van der Waals surface area (Å²) in [5.74, 6) is 0. The van der Waals surface area contributed by atoms with Crippen molar-refractivity contribution in [1.82, 2.24) is 0 Å². The fourth-order valence-electron chi connectivity index (χ4n) is 0.790. The van der Waals surface area contributed by atoms with Crippen molar-refractivity contribution in [1.29, 1.82) is 0 Å². The molecule has 0 amide bonds. The summed E-state index contributed by atoms with van der Waals surface area (Å²) in [5.41, 5.74) is 0. The van der Waals surface area contributed by atoms with Gasteiger partial charge in [0.1, 0.15) is 0 Å². The van der Waals surface area contributed by atoms with Crippen LogP contribution in [-0.2, 0) is 0 Å². The van der Waals surface area contributed by atoms with E-state index in [2.05, 4.69) is 53.8 Å². The van der Waals surface area contributed by atoms with Gasteiger partial charge in [0.2, 0.25) is 0 Å². The van der Waals surface area contributed by atoms with Crippen molar-refractivity contribution in [2.45, 2.75) is 32.6 Å². The highest BCUT2D eigenvalue weighted by atomic mass is 127. The van der Waals surface area contributed by atoms with Crippen LogP contribution in [0.2, 0.25) is 0 Å². The van der Waals surface area contributed by atoms with E-state index in [-0.39, 0.29) is 0 Å². The Balaban J connectivity index is 3.03. The highest BCUT2D eigenvalue weighted by molar-refractivity contribution is 14.1. The Labute approximate surface area is 83.9 Å². The molecule has 0 fully saturated rings. The average molecular weight is 264 g/mol. The van der Waals surface area contributed by atoms with Crippen LogP contribution < -0.4 is 0 Å². The molecule has 64 valence electrons. The van der Waals surface area contributed by atoms with Gasteiger partial charge in [0.05, 0.1) is 0 Å². The van der Waals surface area contributed by atoms with Crippen molar-refractivity contribution in [3.05, 3.63) is 24.3 Å². The molecule has 0 aliphatic heterocycles. The predicted octanol–water partition coefficient (Wildman–Crippen LogP) is 4.11. The fourth-order valence-corrected chi connectivity index (χ4v) is 1.23. The van der Waals surface area contributed by atoms with Gasteiger partial charge in [-0.1, -0.05) is 46.9 Å². The van der Waals surface area contributed by atoms with E-state index >= 15 is 0 Å². The van der Waals surface area contributed by atoms with Crippen LogP contribution in [0, 0.1) is 0 Å². The van der Waals surface area contributed by atoms with Crippen molar-refractivity contribution in [2.24, 2.45) is 0 Å². The van der Waals surface area contributed by atoms with Crippen LogP contribution in [0.15, 0.2) is 24.3 Å². The summed E-state index contributed by atoms with van der Waals surface area (Å²) in [6, 6.07) is 0. The summed E-state index contributed by atoms with van der Waals surface area (Å²) in [6.07, 6.45) is 13.9. The van der Waals surface area contributed by atoms with Crippen LogP contribution in [0.4, 0.5) is 0 Å². The van der Waals surface area contributed by atoms with Gasteiger partial charge < -0.3 is 0 Å². The number of allylic oxidation sites excluding steroid dienone is 4. The van der Waals surface area contributed by atoms with E-state index in [0.29, 0.717) is 0 Å². The van der Waals surface area contributed by atoms with Gasteiger partial charge in [-0.2, -0.15) is 0 Å². The van der Waals surface area contributed by atoms with Crippen molar-refractivity contribution < 1.29 is 0 Å². The first-order chi connectivity index (χ1) is 5.41. The second kappa shape index (κ2) is 10.2. The lowest BCUT2D eigenvalue weighted by atomic mass is 10.2. The fraction of sp³-hybridized carbons (Fsp3) is 0.600. The Morgan fingerprint density at radius 3 is 2.27 bits per heavy atom. The summed E-state index contributed by atoms with van der Waals surface area (Å²) in [4.78, 5) is 0. The van der Waals surface area contributed by atoms with E-state index in [9.17, 15) is 0 Å². The van der Waals surface area contributed by atoms with Crippen molar-refractivity contribution in [3.63, 3.8) is 0 Å². The van der Waals surface area contributed by atoms with E-state index in [0.717, 1.165) is 0 Å². The highest BCUT2D eigenvalue weighted by Crippen LogP contribution is 1.98. The maximum absolute atomic E-state index is 2.42. The zero-order chi connectivity index (χ0) is 8.36. The summed E-state index contributed by atoms with van der Waals surface area (Å²) < 4.78 is 1.27. The molecule has 0 atom stereocenters. The maximum Gasteiger partial charge on any atom is -0.000178 e. The van der Waals surface area contributed by atoms with E-state index in [1.807, 2.05) is 0 Å². The number of alkyl halides is 1. The topological polar surface area (TPSA) is 0 Å². The molecular weight excluding hydrogens is 247 g/mol. The van der Waals surface area contributed by atoms with Crippen LogP contribution in [0.5, 0.6) is 0 Å². The lowest BCUT2D eigenvalue weighted by Crippen LogP contribution is -1.70. The van der Waals surface area contributed by atoms with Crippen LogP contribution in [0.1, 0.15) is 32.6 Å². The van der Waals surface area contributed by atoms with Gasteiger partial charge in [0.25, 0.3) is 0 Å². The molecule has 0 aromatic heterocycles. The van der Waals surface area contributed by atoms with Crippen LogP contribution in [0.3, 0.4) is 0 Å². The normalized spacial score (nSPS) is 11.8. The smallest absolute Gasteiger partial charge is 0.000178 e. The summed E-state index contributed by atoms with van der Waals surface area (Å²) in [5, 5.41) is 0. The molecular formula is C10H17I. The number of halogens is 1. The van der Waals surface area contributed by atoms with Crippen LogP contribution in [-0.4, -0.2) is 4.43 Å². The minimum atomic E-state index is 1.19. The van der Waals surface area contributed by atoms with Gasteiger partial charge in [-0.15, -0.1) is 0 Å². The first-order valence-corrected chi connectivity index (χ1v) is 5.76. The Bertz CT molecular complexity index is 114. The molecule has 0 aliphatic rings. The van der Waals surface area contributed by atoms with Crippen LogP contribution in [0.25, 0.3) is 0 Å². The molecule has 0 saturated heterocycles. The van der Waals surface area contributed by atoms with Crippen molar-refractivity contribution in [2.75, 3.05) is 4.43 Å². The number of unbranched alkanes of at least 4 members (excludes halogenated alkanes) is 2. The van der Waals surface area contributed by atoms with E-state index in [4.69, 9.17) is 0 Å². The minimum Gasteiger partial charge on any atom is -0.0917 e. The molecule has 0 heterocycles. The van der Waals surface area contributed by atoms with E-state index < -0.39 is 0 Å². The first-order valence-electron chi connectivity index (χ1n) is 4.24. The molecule has 0 radical (unpaired) electrons. The second-order valence-corrected chi connectivity index (χ2v) is 3.53. The third-order valence-corrected chi connectivity index (χ3v) is 2.17. The number of hydrogen-bond donors (Lipinski definition) is 0. The molecule has 0 aromatic carbocycles. The molecule has 0 saturated carbocycles. The minimum absolute atomic E-state index is 1.19. The standard InChI is InChI=1S/C10H17I/c1-2-3-4-5-6-7-8-9-10-11/h2-3,6-7H,4-5,8-10H2,1H3. The van der Waals surface area contributed by atoms with Gasteiger partial charge in [0, 0.05) is 0 Å². The van der Waals surface area contributed by atoms with E-state index in [1.165, 1.54) is 30.1 Å². The van der Waals surface area contributed by atoms with Gasteiger partial charge in [-0.25, -0.2) is 0 Å². The summed E-state index contributed by atoms with van der Waals surface area (Å²) in [7, 11) is 0. The quantitative estimate of drug-likeness (QED) is 0.293. The molecule has 0 rings (SSSR count). The first kappa shape index (κ1) is 11.2. The van der Waals surface area contributed by atoms with Gasteiger partial charge in [0.15, 0.2) is 0 Å². The Morgan fingerprint density at radius 2 is 1.64 bits per heavy atom. The third-order valence-electron chi connectivity index (χ3n) is 1.41. The molecule has 0 bridgehead atoms. The number of hydrogen-bond acceptors (Lipinski definition) is 0. The highest BCUT2D eigenvalue weighted by Gasteiger charge is 1.78. The molecule has 11 heavy (non-hydrogen) atoms. The second-order valence-electron chi connectivity index (χ2n) is 2.45. The Morgan fingerprint density at radius 1 is 1.00 bits per heavy atom. The van der Waals surface area contributed by atoms with Crippen molar-refractivity contribution in [3.8, 4) is 0 Å². The molecule has 1 heteroatoms. The molecule has 0 aromatic rings. The SMILES string of the molecule is CC=CCCC=CCCCI. The Kier molecular flexibility index (Phi) is 10.4. The molecule has 0 N–H and O–H groups in total. The maximum atomic E-state index is 2.42. The molecule has 0 unspecified atom stereocenters. The van der Waals surface area contributed by atoms with Gasteiger partial charge >= 0.3 is 0 Å². The molecule has 0 aliphatic carbocycles. The lowest BCUT2D eigenvalue weighted by molar-refractivity contribution is 0.965. The van der Waals surface area contributed by atoms with Gasteiger partial charge in [-0.3, -0.25) is 0 Å². The zero-order valence-corrected chi connectivity index (χ0v) is 9.38.